The van der Waals surface area contributed by atoms with Gasteiger partial charge in [0.1, 0.15) is 5.69 Å². The average molecular weight is 388 g/mol. The molecule has 1 heterocycles. The van der Waals surface area contributed by atoms with Gasteiger partial charge >= 0.3 is 0 Å². The van der Waals surface area contributed by atoms with Crippen LogP contribution in [0.3, 0.4) is 0 Å². The van der Waals surface area contributed by atoms with Crippen molar-refractivity contribution in [3.8, 4) is 0 Å². The summed E-state index contributed by atoms with van der Waals surface area (Å²) in [5, 5.41) is 8.66. The third kappa shape index (κ3) is 5.49. The number of nitrogens with zero attached hydrogens (tertiary/aromatic N) is 1. The summed E-state index contributed by atoms with van der Waals surface area (Å²) in [7, 11) is 0. The Morgan fingerprint density at radius 3 is 1.93 bits per heavy atom. The molecule has 146 valence electrons. The van der Waals surface area contributed by atoms with Crippen molar-refractivity contribution in [2.45, 2.75) is 13.8 Å². The zero-order valence-corrected chi connectivity index (χ0v) is 16.0. The van der Waals surface area contributed by atoms with E-state index in [0.29, 0.717) is 22.6 Å². The standard InChI is InChI=1S/C22H20N4O3/c1-14(27)16-3-5-19(6-4-16)26-22(29)21-13-20(11-12-23-21)25-18-9-7-17(8-10-18)24-15(2)28/h3-13H,1-2H3,(H,23,25)(H,24,28)(H,26,29). The van der Waals surface area contributed by atoms with Crippen LogP contribution in [0.25, 0.3) is 0 Å². The Bertz CT molecular complexity index is 1040. The maximum Gasteiger partial charge on any atom is 0.274 e. The van der Waals surface area contributed by atoms with E-state index in [-0.39, 0.29) is 23.3 Å². The van der Waals surface area contributed by atoms with Gasteiger partial charge in [0.05, 0.1) is 0 Å². The maximum atomic E-state index is 12.5. The fourth-order valence-electron chi connectivity index (χ4n) is 2.62. The molecule has 7 heteroatoms. The quantitative estimate of drug-likeness (QED) is 0.549. The van der Waals surface area contributed by atoms with Crippen LogP contribution in [0.2, 0.25) is 0 Å². The first kappa shape index (κ1) is 19.8. The Balaban J connectivity index is 1.67. The second kappa shape index (κ2) is 8.79. The van der Waals surface area contributed by atoms with Gasteiger partial charge in [-0.05, 0) is 67.6 Å². The van der Waals surface area contributed by atoms with Gasteiger partial charge in [0.15, 0.2) is 5.78 Å². The molecule has 0 aliphatic carbocycles. The molecule has 0 bridgehead atoms. The molecule has 3 aromatic rings. The van der Waals surface area contributed by atoms with Crippen molar-refractivity contribution < 1.29 is 14.4 Å². The SMILES string of the molecule is CC(=O)Nc1ccc(Nc2ccnc(C(=O)Nc3ccc(C(C)=O)cc3)c2)cc1. The highest BCUT2D eigenvalue weighted by atomic mass is 16.2. The van der Waals surface area contributed by atoms with Crippen molar-refractivity contribution in [2.24, 2.45) is 0 Å². The van der Waals surface area contributed by atoms with Gasteiger partial charge in [-0.2, -0.15) is 0 Å². The molecule has 3 rings (SSSR count). The van der Waals surface area contributed by atoms with Crippen molar-refractivity contribution in [2.75, 3.05) is 16.0 Å². The fourth-order valence-corrected chi connectivity index (χ4v) is 2.62. The molecule has 7 nitrogen and oxygen atoms in total. The lowest BCUT2D eigenvalue weighted by molar-refractivity contribution is -0.114. The van der Waals surface area contributed by atoms with Crippen LogP contribution in [0.4, 0.5) is 22.7 Å². The normalized spacial score (nSPS) is 10.1. The molecule has 29 heavy (non-hydrogen) atoms. The number of aromatic nitrogens is 1. The molecule has 0 saturated heterocycles. The Morgan fingerprint density at radius 1 is 0.724 bits per heavy atom. The number of amides is 2. The third-order valence-corrected chi connectivity index (χ3v) is 4.04. The van der Waals surface area contributed by atoms with Gasteiger partial charge in [-0.1, -0.05) is 0 Å². The highest BCUT2D eigenvalue weighted by Crippen LogP contribution is 2.20. The summed E-state index contributed by atoms with van der Waals surface area (Å²) in [6.45, 7) is 2.94. The Morgan fingerprint density at radius 2 is 1.31 bits per heavy atom. The topological polar surface area (TPSA) is 100 Å². The van der Waals surface area contributed by atoms with E-state index in [1.54, 1.807) is 54.7 Å². The van der Waals surface area contributed by atoms with E-state index in [2.05, 4.69) is 20.9 Å². The molecule has 0 unspecified atom stereocenters. The number of hydrogen-bond donors (Lipinski definition) is 3. The predicted molar refractivity (Wildman–Crippen MR) is 113 cm³/mol. The molecule has 0 spiro atoms. The number of ketones is 1. The number of pyridine rings is 1. The van der Waals surface area contributed by atoms with E-state index in [1.807, 2.05) is 12.1 Å². The van der Waals surface area contributed by atoms with Crippen LogP contribution in [0, 0.1) is 0 Å². The van der Waals surface area contributed by atoms with Crippen LogP contribution >= 0.6 is 0 Å². The molecule has 0 saturated carbocycles. The lowest BCUT2D eigenvalue weighted by Gasteiger charge is -2.10. The zero-order chi connectivity index (χ0) is 20.8. The molecule has 1 aromatic heterocycles. The van der Waals surface area contributed by atoms with Gasteiger partial charge in [-0.3, -0.25) is 19.4 Å². The van der Waals surface area contributed by atoms with Crippen LogP contribution in [-0.2, 0) is 4.79 Å². The third-order valence-electron chi connectivity index (χ3n) is 4.04. The molecule has 0 radical (unpaired) electrons. The molecule has 3 N–H and O–H groups in total. The maximum absolute atomic E-state index is 12.5. The predicted octanol–water partition coefficient (Wildman–Crippen LogP) is 4.24. The van der Waals surface area contributed by atoms with E-state index in [0.717, 1.165) is 5.69 Å². The van der Waals surface area contributed by atoms with Crippen molar-refractivity contribution in [1.82, 2.24) is 4.98 Å². The molecule has 2 aromatic carbocycles. The minimum Gasteiger partial charge on any atom is -0.355 e. The number of benzene rings is 2. The summed E-state index contributed by atoms with van der Waals surface area (Å²) in [5.74, 6) is -0.523. The minimum atomic E-state index is -0.356. The minimum absolute atomic E-state index is 0.0339. The number of Topliss-reactive ketones (excluding diaryl/α,β-unsaturated/α-hetero) is 1. The van der Waals surface area contributed by atoms with E-state index in [1.165, 1.54) is 13.8 Å². The van der Waals surface area contributed by atoms with E-state index < -0.39 is 0 Å². The van der Waals surface area contributed by atoms with Crippen molar-refractivity contribution in [3.63, 3.8) is 0 Å². The van der Waals surface area contributed by atoms with Crippen LogP contribution in [0.15, 0.2) is 66.9 Å². The molecule has 0 aliphatic heterocycles. The number of carbonyl (C=O) groups excluding carboxylic acids is 3. The monoisotopic (exact) mass is 388 g/mol. The smallest absolute Gasteiger partial charge is 0.274 e. The van der Waals surface area contributed by atoms with Crippen molar-refractivity contribution in [1.29, 1.82) is 0 Å². The number of anilines is 4. The van der Waals surface area contributed by atoms with Gasteiger partial charge < -0.3 is 16.0 Å². The lowest BCUT2D eigenvalue weighted by atomic mass is 10.1. The number of nitrogens with one attached hydrogen (secondary N) is 3. The average Bonchev–Trinajstić information content (AvgIpc) is 2.70. The summed E-state index contributed by atoms with van der Waals surface area (Å²) in [6, 6.07) is 17.3. The van der Waals surface area contributed by atoms with Gasteiger partial charge in [-0.15, -0.1) is 0 Å². The number of rotatable bonds is 6. The summed E-state index contributed by atoms with van der Waals surface area (Å²) in [6.07, 6.45) is 1.54. The first-order valence-electron chi connectivity index (χ1n) is 8.94. The highest BCUT2D eigenvalue weighted by Gasteiger charge is 2.09. The number of carbonyl (C=O) groups is 3. The second-order valence-electron chi connectivity index (χ2n) is 6.40. The number of hydrogen-bond acceptors (Lipinski definition) is 5. The molecular weight excluding hydrogens is 368 g/mol. The molecule has 2 amide bonds. The van der Waals surface area contributed by atoms with Crippen LogP contribution in [0.5, 0.6) is 0 Å². The van der Waals surface area contributed by atoms with Gasteiger partial charge in [0, 0.05) is 41.4 Å². The Labute approximate surface area is 168 Å². The van der Waals surface area contributed by atoms with Crippen LogP contribution in [-0.4, -0.2) is 22.6 Å². The van der Waals surface area contributed by atoms with Crippen molar-refractivity contribution in [3.05, 3.63) is 78.1 Å². The van der Waals surface area contributed by atoms with Crippen molar-refractivity contribution >= 4 is 40.3 Å². The molecule has 0 aliphatic rings. The summed E-state index contributed by atoms with van der Waals surface area (Å²) in [5.41, 5.74) is 3.61. The van der Waals surface area contributed by atoms with Gasteiger partial charge in [-0.25, -0.2) is 0 Å². The first-order valence-corrected chi connectivity index (χ1v) is 8.94. The molecule has 0 atom stereocenters. The van der Waals surface area contributed by atoms with Crippen LogP contribution in [0.1, 0.15) is 34.7 Å². The lowest BCUT2D eigenvalue weighted by Crippen LogP contribution is -2.14. The molecular formula is C22H20N4O3. The fraction of sp³-hybridized carbons (Fsp3) is 0.0909. The van der Waals surface area contributed by atoms with E-state index >= 15 is 0 Å². The van der Waals surface area contributed by atoms with E-state index in [9.17, 15) is 14.4 Å². The Kier molecular flexibility index (Phi) is 5.99. The largest absolute Gasteiger partial charge is 0.355 e. The molecule has 0 fully saturated rings. The zero-order valence-electron chi connectivity index (χ0n) is 16.0. The van der Waals surface area contributed by atoms with Gasteiger partial charge in [0.2, 0.25) is 5.91 Å². The summed E-state index contributed by atoms with van der Waals surface area (Å²) >= 11 is 0. The Hall–Kier alpha value is -4.00. The summed E-state index contributed by atoms with van der Waals surface area (Å²) in [4.78, 5) is 39.0. The van der Waals surface area contributed by atoms with Crippen LogP contribution < -0.4 is 16.0 Å². The van der Waals surface area contributed by atoms with Gasteiger partial charge in [0.25, 0.3) is 5.91 Å². The first-order chi connectivity index (χ1) is 13.9. The second-order valence-corrected chi connectivity index (χ2v) is 6.40. The summed E-state index contributed by atoms with van der Waals surface area (Å²) < 4.78 is 0. The highest BCUT2D eigenvalue weighted by molar-refractivity contribution is 6.03. The van der Waals surface area contributed by atoms with E-state index in [4.69, 9.17) is 0 Å².